The Labute approximate surface area is 132 Å². The minimum atomic E-state index is -0.467. The molecule has 2 rings (SSSR count). The second-order valence-corrected chi connectivity index (χ2v) is 5.03. The molecule has 0 bridgehead atoms. The third-order valence-electron chi connectivity index (χ3n) is 2.90. The van der Waals surface area contributed by atoms with Crippen LogP contribution in [0.1, 0.15) is 27.4 Å². The second-order valence-electron chi connectivity index (χ2n) is 4.63. The lowest BCUT2D eigenvalue weighted by molar-refractivity contribution is -0.117. The molecule has 0 radical (unpaired) electrons. The van der Waals surface area contributed by atoms with Crippen LogP contribution in [0.25, 0.3) is 6.08 Å². The van der Waals surface area contributed by atoms with Crippen molar-refractivity contribution in [2.75, 3.05) is 0 Å². The van der Waals surface area contributed by atoms with Gasteiger partial charge in [-0.2, -0.15) is 0 Å². The third-order valence-corrected chi connectivity index (χ3v) is 3.25. The van der Waals surface area contributed by atoms with Crippen LogP contribution in [-0.4, -0.2) is 11.8 Å². The maximum atomic E-state index is 11.9. The van der Waals surface area contributed by atoms with E-state index in [1.165, 1.54) is 6.08 Å². The Morgan fingerprint density at radius 2 is 1.91 bits per heavy atom. The summed E-state index contributed by atoms with van der Waals surface area (Å²) >= 11 is 5.97. The maximum Gasteiger partial charge on any atom is 0.273 e. The number of benzene rings is 1. The molecule has 2 N–H and O–H groups in total. The molecule has 114 valence electrons. The number of hydrogen-bond donors (Lipinski definition) is 2. The van der Waals surface area contributed by atoms with E-state index in [9.17, 15) is 9.59 Å². The number of carbonyl (C=O) groups excluding carboxylic acids is 2. The molecule has 1 aromatic carbocycles. The molecule has 22 heavy (non-hydrogen) atoms. The first-order chi connectivity index (χ1) is 10.5. The Balaban J connectivity index is 1.92. The van der Waals surface area contributed by atoms with E-state index in [1.807, 2.05) is 6.07 Å². The van der Waals surface area contributed by atoms with Crippen molar-refractivity contribution in [3.63, 3.8) is 0 Å². The van der Waals surface area contributed by atoms with Crippen LogP contribution in [0.3, 0.4) is 0 Å². The highest BCUT2D eigenvalue weighted by Crippen LogP contribution is 2.16. The molecule has 0 aliphatic rings. The fourth-order valence-corrected chi connectivity index (χ4v) is 2.06. The quantitative estimate of drug-likeness (QED) is 0.675. The van der Waals surface area contributed by atoms with Gasteiger partial charge >= 0.3 is 0 Å². The van der Waals surface area contributed by atoms with Gasteiger partial charge in [-0.25, -0.2) is 0 Å². The van der Waals surface area contributed by atoms with Crippen LogP contribution < -0.4 is 10.9 Å². The zero-order valence-electron chi connectivity index (χ0n) is 12.1. The van der Waals surface area contributed by atoms with E-state index >= 15 is 0 Å². The lowest BCUT2D eigenvalue weighted by atomic mass is 10.2. The van der Waals surface area contributed by atoms with Crippen molar-refractivity contribution in [1.82, 2.24) is 10.9 Å². The summed E-state index contributed by atoms with van der Waals surface area (Å²) in [5, 5.41) is 0.542. The SMILES string of the molecule is Cc1cc(C(=O)NNC(=O)/C=C/c2ccccc2Cl)c(C)o1. The second kappa shape index (κ2) is 6.95. The number of hydrazine groups is 1. The molecule has 0 saturated heterocycles. The van der Waals surface area contributed by atoms with Crippen LogP contribution in [0.2, 0.25) is 5.02 Å². The van der Waals surface area contributed by atoms with Gasteiger partial charge in [0.15, 0.2) is 0 Å². The first-order valence-corrected chi connectivity index (χ1v) is 6.95. The number of hydrogen-bond acceptors (Lipinski definition) is 3. The molecule has 1 heterocycles. The maximum absolute atomic E-state index is 11.9. The minimum absolute atomic E-state index is 0.382. The van der Waals surface area contributed by atoms with Crippen LogP contribution in [0.4, 0.5) is 0 Å². The van der Waals surface area contributed by atoms with E-state index in [4.69, 9.17) is 16.0 Å². The fourth-order valence-electron chi connectivity index (χ4n) is 1.86. The van der Waals surface area contributed by atoms with E-state index in [1.54, 1.807) is 44.2 Å². The lowest BCUT2D eigenvalue weighted by Crippen LogP contribution is -2.40. The van der Waals surface area contributed by atoms with Crippen molar-refractivity contribution in [1.29, 1.82) is 0 Å². The Morgan fingerprint density at radius 3 is 2.55 bits per heavy atom. The van der Waals surface area contributed by atoms with Gasteiger partial charge in [0.2, 0.25) is 0 Å². The van der Waals surface area contributed by atoms with Crippen LogP contribution in [0.15, 0.2) is 40.8 Å². The highest BCUT2D eigenvalue weighted by molar-refractivity contribution is 6.32. The summed E-state index contributed by atoms with van der Waals surface area (Å²) in [4.78, 5) is 23.6. The molecule has 0 aliphatic carbocycles. The van der Waals surface area contributed by atoms with Gasteiger partial charge in [0.1, 0.15) is 11.5 Å². The van der Waals surface area contributed by atoms with Gasteiger partial charge < -0.3 is 4.42 Å². The Kier molecular flexibility index (Phi) is 5.01. The van der Waals surface area contributed by atoms with Crippen LogP contribution in [0, 0.1) is 13.8 Å². The number of aryl methyl sites for hydroxylation is 2. The first kappa shape index (κ1) is 15.9. The molecule has 1 aromatic heterocycles. The van der Waals surface area contributed by atoms with Crippen molar-refractivity contribution in [3.05, 3.63) is 64.1 Å². The van der Waals surface area contributed by atoms with E-state index in [-0.39, 0.29) is 0 Å². The molecule has 0 aliphatic heterocycles. The largest absolute Gasteiger partial charge is 0.466 e. The summed E-state index contributed by atoms with van der Waals surface area (Å²) in [6.45, 7) is 3.43. The molecule has 0 unspecified atom stereocenters. The molecule has 2 aromatic rings. The predicted octanol–water partition coefficient (Wildman–Crippen LogP) is 3.02. The summed E-state index contributed by atoms with van der Waals surface area (Å²) in [5.74, 6) is 0.225. The summed E-state index contributed by atoms with van der Waals surface area (Å²) in [7, 11) is 0. The standard InChI is InChI=1S/C16H15ClN2O3/c1-10-9-13(11(2)22-10)16(21)19-18-15(20)8-7-12-5-3-4-6-14(12)17/h3-9H,1-2H3,(H,18,20)(H,19,21)/b8-7+. The van der Waals surface area contributed by atoms with Crippen LogP contribution in [0.5, 0.6) is 0 Å². The van der Waals surface area contributed by atoms with Crippen molar-refractivity contribution in [2.45, 2.75) is 13.8 Å². The monoisotopic (exact) mass is 318 g/mol. The highest BCUT2D eigenvalue weighted by atomic mass is 35.5. The molecular weight excluding hydrogens is 304 g/mol. The summed E-state index contributed by atoms with van der Waals surface area (Å²) < 4.78 is 5.26. The fraction of sp³-hybridized carbons (Fsp3) is 0.125. The van der Waals surface area contributed by atoms with Crippen molar-refractivity contribution in [2.24, 2.45) is 0 Å². The number of furan rings is 1. The number of halogens is 1. The Hall–Kier alpha value is -2.53. The topological polar surface area (TPSA) is 71.3 Å². The smallest absolute Gasteiger partial charge is 0.273 e. The Morgan fingerprint density at radius 1 is 1.18 bits per heavy atom. The summed E-state index contributed by atoms with van der Waals surface area (Å²) in [6.07, 6.45) is 2.85. The predicted molar refractivity (Wildman–Crippen MR) is 84.3 cm³/mol. The van der Waals surface area contributed by atoms with Crippen LogP contribution in [-0.2, 0) is 4.79 Å². The third kappa shape index (κ3) is 3.99. The summed E-state index contributed by atoms with van der Waals surface area (Å²) in [5.41, 5.74) is 5.72. The van der Waals surface area contributed by atoms with Gasteiger partial charge in [-0.05, 0) is 37.6 Å². The number of rotatable bonds is 3. The van der Waals surface area contributed by atoms with Gasteiger partial charge in [0, 0.05) is 11.1 Å². The molecule has 0 saturated carbocycles. The number of amides is 2. The molecule has 6 heteroatoms. The molecular formula is C16H15ClN2O3. The van der Waals surface area contributed by atoms with Gasteiger partial charge in [0.05, 0.1) is 5.56 Å². The van der Waals surface area contributed by atoms with Gasteiger partial charge in [-0.15, -0.1) is 0 Å². The molecule has 0 spiro atoms. The van der Waals surface area contributed by atoms with Gasteiger partial charge in [-0.3, -0.25) is 20.4 Å². The number of nitrogens with one attached hydrogen (secondary N) is 2. The van der Waals surface area contributed by atoms with Crippen molar-refractivity contribution in [3.8, 4) is 0 Å². The molecule has 0 fully saturated rings. The van der Waals surface area contributed by atoms with Gasteiger partial charge in [-0.1, -0.05) is 29.8 Å². The highest BCUT2D eigenvalue weighted by Gasteiger charge is 2.13. The van der Waals surface area contributed by atoms with E-state index in [0.717, 1.165) is 0 Å². The first-order valence-electron chi connectivity index (χ1n) is 6.57. The van der Waals surface area contributed by atoms with E-state index < -0.39 is 11.8 Å². The molecule has 0 atom stereocenters. The zero-order chi connectivity index (χ0) is 16.1. The molecule has 2 amide bonds. The van der Waals surface area contributed by atoms with Crippen molar-refractivity contribution < 1.29 is 14.0 Å². The summed E-state index contributed by atoms with van der Waals surface area (Å²) in [6, 6.07) is 8.73. The van der Waals surface area contributed by atoms with Crippen LogP contribution >= 0.6 is 11.6 Å². The van der Waals surface area contributed by atoms with Gasteiger partial charge in [0.25, 0.3) is 11.8 Å². The average molecular weight is 319 g/mol. The van der Waals surface area contributed by atoms with E-state index in [0.29, 0.717) is 27.7 Å². The number of carbonyl (C=O) groups is 2. The van der Waals surface area contributed by atoms with Crippen molar-refractivity contribution >= 4 is 29.5 Å². The van der Waals surface area contributed by atoms with E-state index in [2.05, 4.69) is 10.9 Å². The average Bonchev–Trinajstić information content (AvgIpc) is 2.82. The zero-order valence-corrected chi connectivity index (χ0v) is 12.9. The normalized spacial score (nSPS) is 10.7. The lowest BCUT2D eigenvalue weighted by Gasteiger charge is -2.04. The minimum Gasteiger partial charge on any atom is -0.466 e. The Bertz CT molecular complexity index is 735. The molecule has 5 nitrogen and oxygen atoms in total.